The van der Waals surface area contributed by atoms with Crippen molar-refractivity contribution in [3.05, 3.63) is 0 Å². The first-order valence-corrected chi connectivity index (χ1v) is 5.23. The minimum Gasteiger partial charge on any atom is -0.409 e. The zero-order chi connectivity index (χ0) is 11.8. The number of ether oxygens (including phenoxy) is 2. The van der Waals surface area contributed by atoms with Crippen LogP contribution < -0.4 is 0 Å². The van der Waals surface area contributed by atoms with Crippen LogP contribution in [0.1, 0.15) is 34.6 Å². The number of cyclic esters (lactones) is 1. The van der Waals surface area contributed by atoms with Crippen LogP contribution in [0.5, 0.6) is 0 Å². The summed E-state index contributed by atoms with van der Waals surface area (Å²) < 4.78 is 12.4. The van der Waals surface area contributed by atoms with Crippen molar-refractivity contribution >= 4 is 12.1 Å². The second kappa shape index (κ2) is 3.83. The number of carbonyl (C=O) groups is 1. The highest BCUT2D eigenvalue weighted by Crippen LogP contribution is 2.17. The molecular weight excluding hydrogens is 194 g/mol. The van der Waals surface area contributed by atoms with Crippen molar-refractivity contribution in [1.29, 1.82) is 0 Å². The van der Waals surface area contributed by atoms with Gasteiger partial charge in [-0.1, -0.05) is 13.8 Å². The fraction of sp³-hybridized carbons (Fsp3) is 0.818. The summed E-state index contributed by atoms with van der Waals surface area (Å²) >= 11 is 0. The predicted molar refractivity (Wildman–Crippen MR) is 56.7 cm³/mol. The maximum absolute atomic E-state index is 11.6. The number of esters is 1. The lowest BCUT2D eigenvalue weighted by atomic mass is 10.1. The van der Waals surface area contributed by atoms with Gasteiger partial charge in [0, 0.05) is 5.92 Å². The van der Waals surface area contributed by atoms with E-state index in [-0.39, 0.29) is 23.5 Å². The summed E-state index contributed by atoms with van der Waals surface area (Å²) in [5, 5.41) is 0. The molecule has 1 aliphatic rings. The van der Waals surface area contributed by atoms with Crippen LogP contribution in [-0.4, -0.2) is 35.3 Å². The van der Waals surface area contributed by atoms with E-state index in [1.807, 2.05) is 41.7 Å². The molecule has 15 heavy (non-hydrogen) atoms. The smallest absolute Gasteiger partial charge is 0.409 e. The zero-order valence-corrected chi connectivity index (χ0v) is 10.3. The largest absolute Gasteiger partial charge is 0.558 e. The Labute approximate surface area is 90.9 Å². The number of rotatable bonds is 1. The van der Waals surface area contributed by atoms with Crippen molar-refractivity contribution in [1.82, 2.24) is 0 Å². The molecule has 0 spiro atoms. The second-order valence-corrected chi connectivity index (χ2v) is 5.20. The first-order chi connectivity index (χ1) is 6.72. The Hall–Kier alpha value is -1.06. The lowest BCUT2D eigenvalue weighted by molar-refractivity contribution is -0.535. The van der Waals surface area contributed by atoms with Crippen molar-refractivity contribution in [3.63, 3.8) is 0 Å². The first kappa shape index (κ1) is 12.0. The average molecular weight is 214 g/mol. The summed E-state index contributed by atoms with van der Waals surface area (Å²) in [4.78, 5) is 11.6. The van der Waals surface area contributed by atoms with Crippen molar-refractivity contribution in [3.8, 4) is 0 Å². The molecule has 0 unspecified atom stereocenters. The molecule has 1 heterocycles. The third-order valence-electron chi connectivity index (χ3n) is 2.16. The summed E-state index contributed by atoms with van der Waals surface area (Å²) in [5.41, 5.74) is -0.351. The molecule has 1 aliphatic heterocycles. The number of hydrogen-bond acceptors (Lipinski definition) is 3. The number of nitrogens with zero attached hydrogens (tertiary/aromatic N) is 1. The van der Waals surface area contributed by atoms with Gasteiger partial charge in [-0.3, -0.25) is 0 Å². The highest BCUT2D eigenvalue weighted by molar-refractivity contribution is 5.89. The van der Waals surface area contributed by atoms with Gasteiger partial charge in [0.15, 0.2) is 0 Å². The molecule has 0 bridgehead atoms. The van der Waals surface area contributed by atoms with Gasteiger partial charge in [0.25, 0.3) is 6.04 Å². The van der Waals surface area contributed by atoms with E-state index in [0.29, 0.717) is 6.08 Å². The van der Waals surface area contributed by atoms with Gasteiger partial charge < -0.3 is 9.47 Å². The molecule has 0 aliphatic carbocycles. The first-order valence-electron chi connectivity index (χ1n) is 5.23. The van der Waals surface area contributed by atoms with Crippen LogP contribution in [0.2, 0.25) is 0 Å². The van der Waals surface area contributed by atoms with E-state index >= 15 is 0 Å². The predicted octanol–water partition coefficient (Wildman–Crippen LogP) is 1.38. The summed E-state index contributed by atoms with van der Waals surface area (Å²) in [6, 6.07) is -0.234. The number of likely N-dealkylation sites (N-methyl/N-ethyl adjacent to an activating group) is 1. The maximum atomic E-state index is 11.6. The maximum Gasteiger partial charge on any atom is 0.558 e. The molecule has 0 saturated carbocycles. The molecule has 86 valence electrons. The lowest BCUT2D eigenvalue weighted by Gasteiger charge is -2.16. The van der Waals surface area contributed by atoms with Crippen LogP contribution in [0.15, 0.2) is 0 Å². The van der Waals surface area contributed by atoms with Gasteiger partial charge in [-0.2, -0.15) is 4.58 Å². The summed E-state index contributed by atoms with van der Waals surface area (Å²) in [6.45, 7) is 9.74. The molecule has 4 nitrogen and oxygen atoms in total. The van der Waals surface area contributed by atoms with Crippen LogP contribution in [0, 0.1) is 5.92 Å². The van der Waals surface area contributed by atoms with E-state index < -0.39 is 0 Å². The lowest BCUT2D eigenvalue weighted by Crippen LogP contribution is -2.33. The Morgan fingerprint density at radius 3 is 2.27 bits per heavy atom. The molecule has 1 atom stereocenters. The zero-order valence-electron chi connectivity index (χ0n) is 10.3. The second-order valence-electron chi connectivity index (χ2n) is 5.20. The van der Waals surface area contributed by atoms with Crippen LogP contribution in [0.25, 0.3) is 0 Å². The Kier molecular flexibility index (Phi) is 3.07. The molecule has 0 aromatic rings. The molecule has 4 heteroatoms. The van der Waals surface area contributed by atoms with Gasteiger partial charge in [-0.05, 0) is 20.8 Å². The van der Waals surface area contributed by atoms with Gasteiger partial charge in [0.05, 0.1) is 0 Å². The van der Waals surface area contributed by atoms with Gasteiger partial charge in [-0.15, -0.1) is 0 Å². The normalized spacial score (nSPS) is 22.3. The van der Waals surface area contributed by atoms with Crippen molar-refractivity contribution in [2.75, 3.05) is 7.05 Å². The fourth-order valence-corrected chi connectivity index (χ4v) is 1.56. The molecular formula is C11H20NO3+. The fourth-order valence-electron chi connectivity index (χ4n) is 1.56. The third kappa shape index (κ3) is 2.70. The minimum absolute atomic E-state index is 0.212. The van der Waals surface area contributed by atoms with E-state index in [1.165, 1.54) is 0 Å². The minimum atomic E-state index is -0.351. The molecule has 0 radical (unpaired) electrons. The third-order valence-corrected chi connectivity index (χ3v) is 2.16. The standard InChI is InChI=1S/C11H20NO3/c1-7(2)8-9(13)14-10(12(8)6)15-11(3,4)5/h7-8H,1-6H3/q+1/t8-/m0/s1. The molecule has 0 aromatic heterocycles. The topological polar surface area (TPSA) is 38.5 Å². The van der Waals surface area contributed by atoms with Crippen LogP contribution in [0.3, 0.4) is 0 Å². The van der Waals surface area contributed by atoms with Gasteiger partial charge >= 0.3 is 12.1 Å². The summed E-state index contributed by atoms with van der Waals surface area (Å²) in [7, 11) is 1.82. The van der Waals surface area contributed by atoms with Gasteiger partial charge in [0.1, 0.15) is 12.6 Å². The van der Waals surface area contributed by atoms with E-state index in [1.54, 1.807) is 4.58 Å². The Morgan fingerprint density at radius 1 is 1.40 bits per heavy atom. The molecule has 1 rings (SSSR count). The van der Waals surface area contributed by atoms with E-state index in [0.717, 1.165) is 0 Å². The van der Waals surface area contributed by atoms with E-state index in [4.69, 9.17) is 9.47 Å². The van der Waals surface area contributed by atoms with Crippen molar-refractivity contribution in [2.45, 2.75) is 46.3 Å². The summed E-state index contributed by atoms with van der Waals surface area (Å²) in [5.74, 6) is -0.0182. The van der Waals surface area contributed by atoms with Gasteiger partial charge in [-0.25, -0.2) is 4.79 Å². The molecule has 0 saturated heterocycles. The number of carbonyl (C=O) groups excluding carboxylic acids is 1. The summed E-state index contributed by atoms with van der Waals surface area (Å²) in [6.07, 6.45) is 0.311. The highest BCUT2D eigenvalue weighted by atomic mass is 16.7. The van der Waals surface area contributed by atoms with Gasteiger partial charge in [0.2, 0.25) is 0 Å². The molecule has 0 aromatic carbocycles. The van der Waals surface area contributed by atoms with Crippen LogP contribution in [-0.2, 0) is 14.3 Å². The average Bonchev–Trinajstić information content (AvgIpc) is 2.23. The SMILES string of the molecule is CC(C)[C@H]1C(=O)OC(OC(C)(C)C)=[N+]1C. The quantitative estimate of drug-likeness (QED) is 0.489. The van der Waals surface area contributed by atoms with Crippen LogP contribution in [0.4, 0.5) is 0 Å². The van der Waals surface area contributed by atoms with Crippen molar-refractivity contribution < 1.29 is 18.8 Å². The van der Waals surface area contributed by atoms with E-state index in [9.17, 15) is 4.79 Å². The Balaban J connectivity index is 2.87. The van der Waals surface area contributed by atoms with Crippen LogP contribution >= 0.6 is 0 Å². The number of hydrogen-bond donors (Lipinski definition) is 0. The van der Waals surface area contributed by atoms with E-state index in [2.05, 4.69) is 0 Å². The Morgan fingerprint density at radius 2 is 1.93 bits per heavy atom. The Bertz CT molecular complexity index is 299. The molecule has 0 fully saturated rings. The molecule has 0 amide bonds. The highest BCUT2D eigenvalue weighted by Gasteiger charge is 2.45. The van der Waals surface area contributed by atoms with Crippen molar-refractivity contribution in [2.24, 2.45) is 5.92 Å². The monoisotopic (exact) mass is 214 g/mol. The molecule has 0 N–H and O–H groups in total.